The first-order chi connectivity index (χ1) is 14.0. The fourth-order valence-electron chi connectivity index (χ4n) is 5.56. The molecular weight excluding hydrogens is 365 g/mol. The molecule has 2 aliphatic rings. The van der Waals surface area contributed by atoms with Crippen molar-refractivity contribution in [3.05, 3.63) is 65.2 Å². The van der Waals surface area contributed by atoms with E-state index in [1.54, 1.807) is 0 Å². The number of para-hydroxylation sites is 2. The Balaban J connectivity index is 1.32. The molecule has 2 heterocycles. The molecule has 29 heavy (non-hydrogen) atoms. The Labute approximate surface area is 171 Å². The fraction of sp³-hybridized carbons (Fsp3) is 0.458. The number of nitrogens with zero attached hydrogens (tertiary/aromatic N) is 3. The molecule has 1 saturated carbocycles. The van der Waals surface area contributed by atoms with Crippen LogP contribution in [0.4, 0.5) is 4.39 Å². The van der Waals surface area contributed by atoms with E-state index >= 15 is 0 Å². The number of hydrogen-bond acceptors (Lipinski definition) is 3. The predicted octanol–water partition coefficient (Wildman–Crippen LogP) is 4.24. The minimum atomic E-state index is -0.343. The number of aromatic nitrogens is 2. The molecule has 5 rings (SSSR count). The summed E-state index contributed by atoms with van der Waals surface area (Å²) >= 11 is 0. The second-order valence-corrected chi connectivity index (χ2v) is 9.00. The van der Waals surface area contributed by atoms with E-state index in [0.717, 1.165) is 54.6 Å². The number of fused-ring (bicyclic) bond motifs is 2. The topological polar surface area (TPSA) is 41.3 Å². The Hall–Kier alpha value is -2.24. The van der Waals surface area contributed by atoms with Crippen LogP contribution in [-0.2, 0) is 6.54 Å². The van der Waals surface area contributed by atoms with Crippen molar-refractivity contribution >= 4 is 11.0 Å². The Morgan fingerprint density at radius 1 is 1.07 bits per heavy atom. The van der Waals surface area contributed by atoms with E-state index in [4.69, 9.17) is 0 Å². The van der Waals surface area contributed by atoms with Gasteiger partial charge in [0.05, 0.1) is 29.5 Å². The fourth-order valence-corrected chi connectivity index (χ4v) is 5.56. The third-order valence-corrected chi connectivity index (χ3v) is 6.93. The average molecular weight is 394 g/mol. The van der Waals surface area contributed by atoms with Crippen LogP contribution in [0.1, 0.15) is 35.6 Å². The van der Waals surface area contributed by atoms with Crippen molar-refractivity contribution in [3.8, 4) is 0 Å². The summed E-state index contributed by atoms with van der Waals surface area (Å²) in [6.07, 6.45) is 3.35. The van der Waals surface area contributed by atoms with Gasteiger partial charge in [0, 0.05) is 19.6 Å². The van der Waals surface area contributed by atoms with Gasteiger partial charge in [0.25, 0.3) is 0 Å². The minimum Gasteiger partial charge on any atom is -0.391 e. The highest BCUT2D eigenvalue weighted by Gasteiger charge is 2.42. The quantitative estimate of drug-likeness (QED) is 0.724. The maximum Gasteiger partial charge on any atom is 0.129 e. The molecule has 3 aromatic rings. The molecule has 0 spiro atoms. The van der Waals surface area contributed by atoms with Crippen molar-refractivity contribution in [1.29, 1.82) is 0 Å². The highest BCUT2D eigenvalue weighted by atomic mass is 19.1. The van der Waals surface area contributed by atoms with E-state index in [-0.39, 0.29) is 18.0 Å². The van der Waals surface area contributed by atoms with Crippen LogP contribution < -0.4 is 0 Å². The second kappa shape index (κ2) is 7.22. The zero-order valence-corrected chi connectivity index (χ0v) is 17.1. The molecule has 1 saturated heterocycles. The smallest absolute Gasteiger partial charge is 0.129 e. The van der Waals surface area contributed by atoms with Crippen LogP contribution in [0.2, 0.25) is 0 Å². The minimum absolute atomic E-state index is 0.0823. The Morgan fingerprint density at radius 3 is 2.52 bits per heavy atom. The molecule has 4 atom stereocenters. The molecule has 0 unspecified atom stereocenters. The van der Waals surface area contributed by atoms with Crippen LogP contribution in [0.15, 0.2) is 42.7 Å². The monoisotopic (exact) mass is 393 g/mol. The van der Waals surface area contributed by atoms with E-state index < -0.39 is 0 Å². The SMILES string of the molecule is Cc1cc(CN2C[C@H]3C[C@@H](n4cnc5ccccc54)[C@H](O)C[C@H]3C2)cc(C)c1F. The number of aliphatic hydroxyl groups is 1. The number of aliphatic hydroxyl groups excluding tert-OH is 1. The summed E-state index contributed by atoms with van der Waals surface area (Å²) in [5, 5.41) is 10.9. The lowest BCUT2D eigenvalue weighted by atomic mass is 9.77. The van der Waals surface area contributed by atoms with Crippen LogP contribution in [-0.4, -0.2) is 38.8 Å². The molecule has 0 bridgehead atoms. The van der Waals surface area contributed by atoms with Gasteiger partial charge < -0.3 is 9.67 Å². The number of rotatable bonds is 3. The summed E-state index contributed by atoms with van der Waals surface area (Å²) < 4.78 is 16.1. The zero-order chi connectivity index (χ0) is 20.1. The summed E-state index contributed by atoms with van der Waals surface area (Å²) in [7, 11) is 0. The van der Waals surface area contributed by atoms with Crippen molar-refractivity contribution in [2.45, 2.75) is 45.4 Å². The average Bonchev–Trinajstić information content (AvgIpc) is 3.28. The molecule has 152 valence electrons. The number of likely N-dealkylation sites (tertiary alicyclic amines) is 1. The number of halogens is 1. The van der Waals surface area contributed by atoms with Gasteiger partial charge in [-0.3, -0.25) is 4.90 Å². The Bertz CT molecular complexity index is 1020. The van der Waals surface area contributed by atoms with Crippen LogP contribution in [0.3, 0.4) is 0 Å². The third kappa shape index (κ3) is 3.36. The highest BCUT2D eigenvalue weighted by molar-refractivity contribution is 5.75. The van der Waals surface area contributed by atoms with Gasteiger partial charge >= 0.3 is 0 Å². The van der Waals surface area contributed by atoms with E-state index in [2.05, 4.69) is 20.5 Å². The lowest BCUT2D eigenvalue weighted by Crippen LogP contribution is -2.36. The first-order valence-electron chi connectivity index (χ1n) is 10.6. The molecular formula is C24H28FN3O. The molecule has 1 aliphatic heterocycles. The van der Waals surface area contributed by atoms with Gasteiger partial charge in [-0.05, 0) is 67.3 Å². The van der Waals surface area contributed by atoms with Crippen LogP contribution >= 0.6 is 0 Å². The summed E-state index contributed by atoms with van der Waals surface area (Å²) in [6, 6.07) is 12.2. The van der Waals surface area contributed by atoms with Gasteiger partial charge in [-0.2, -0.15) is 0 Å². The van der Waals surface area contributed by atoms with Crippen molar-refractivity contribution in [1.82, 2.24) is 14.5 Å². The first-order valence-corrected chi connectivity index (χ1v) is 10.6. The molecule has 1 aliphatic carbocycles. The summed E-state index contributed by atoms with van der Waals surface area (Å²) in [4.78, 5) is 6.99. The summed E-state index contributed by atoms with van der Waals surface area (Å²) in [5.41, 5.74) is 4.70. The zero-order valence-electron chi connectivity index (χ0n) is 17.1. The van der Waals surface area contributed by atoms with Crippen molar-refractivity contribution < 1.29 is 9.50 Å². The summed E-state index contributed by atoms with van der Waals surface area (Å²) in [6.45, 7) is 6.58. The van der Waals surface area contributed by atoms with E-state index in [9.17, 15) is 9.50 Å². The predicted molar refractivity (Wildman–Crippen MR) is 112 cm³/mol. The van der Waals surface area contributed by atoms with Crippen molar-refractivity contribution in [3.63, 3.8) is 0 Å². The van der Waals surface area contributed by atoms with E-state index in [0.29, 0.717) is 11.8 Å². The van der Waals surface area contributed by atoms with Gasteiger partial charge in [-0.25, -0.2) is 9.37 Å². The molecule has 5 heteroatoms. The number of aryl methyl sites for hydroxylation is 2. The van der Waals surface area contributed by atoms with E-state index in [1.807, 2.05) is 50.5 Å². The van der Waals surface area contributed by atoms with Gasteiger partial charge in [-0.15, -0.1) is 0 Å². The maximum absolute atomic E-state index is 13.9. The molecule has 2 fully saturated rings. The lowest BCUT2D eigenvalue weighted by Gasteiger charge is -2.36. The lowest BCUT2D eigenvalue weighted by molar-refractivity contribution is 0.0374. The third-order valence-electron chi connectivity index (χ3n) is 6.93. The van der Waals surface area contributed by atoms with Crippen LogP contribution in [0.25, 0.3) is 11.0 Å². The number of benzene rings is 2. The summed E-state index contributed by atoms with van der Waals surface area (Å²) in [5.74, 6) is 1.01. The molecule has 0 amide bonds. The molecule has 1 N–H and O–H groups in total. The molecule has 1 aromatic heterocycles. The van der Waals surface area contributed by atoms with Gasteiger partial charge in [0.1, 0.15) is 5.82 Å². The molecule has 0 radical (unpaired) electrons. The van der Waals surface area contributed by atoms with Gasteiger partial charge in [-0.1, -0.05) is 24.3 Å². The van der Waals surface area contributed by atoms with E-state index in [1.165, 1.54) is 5.56 Å². The van der Waals surface area contributed by atoms with Gasteiger partial charge in [0.2, 0.25) is 0 Å². The van der Waals surface area contributed by atoms with Crippen LogP contribution in [0.5, 0.6) is 0 Å². The van der Waals surface area contributed by atoms with Gasteiger partial charge in [0.15, 0.2) is 0 Å². The second-order valence-electron chi connectivity index (χ2n) is 9.00. The molecule has 4 nitrogen and oxygen atoms in total. The first kappa shape index (κ1) is 18.8. The standard InChI is InChI=1S/C24H28FN3O/c1-15-7-17(8-16(2)24(15)25)11-27-12-18-9-22(23(29)10-19(18)13-27)28-14-26-20-5-3-4-6-21(20)28/h3-8,14,18-19,22-23,29H,9-13H2,1-2H3/t18-,19+,22-,23-/m1/s1. The van der Waals surface area contributed by atoms with Crippen molar-refractivity contribution in [2.24, 2.45) is 11.8 Å². The van der Waals surface area contributed by atoms with Crippen LogP contribution in [0, 0.1) is 31.5 Å². The largest absolute Gasteiger partial charge is 0.391 e. The molecule has 2 aromatic carbocycles. The normalized spacial score (nSPS) is 27.4. The Morgan fingerprint density at radius 2 is 1.76 bits per heavy atom. The number of imidazole rings is 1. The van der Waals surface area contributed by atoms with Crippen molar-refractivity contribution in [2.75, 3.05) is 13.1 Å². The Kier molecular flexibility index (Phi) is 4.67. The number of hydrogen-bond donors (Lipinski definition) is 1. The maximum atomic E-state index is 13.9. The highest BCUT2D eigenvalue weighted by Crippen LogP contribution is 2.42.